The van der Waals surface area contributed by atoms with E-state index in [0.29, 0.717) is 18.8 Å². The van der Waals surface area contributed by atoms with Crippen LogP contribution in [0.5, 0.6) is 5.75 Å². The fourth-order valence-electron chi connectivity index (χ4n) is 4.02. The fraction of sp³-hybridized carbons (Fsp3) is 0.296. The van der Waals surface area contributed by atoms with Crippen molar-refractivity contribution in [2.24, 2.45) is 0 Å². The van der Waals surface area contributed by atoms with Gasteiger partial charge in [-0.15, -0.1) is 0 Å². The van der Waals surface area contributed by atoms with Gasteiger partial charge in [-0.1, -0.05) is 42.5 Å². The van der Waals surface area contributed by atoms with E-state index in [1.807, 2.05) is 61.5 Å². The van der Waals surface area contributed by atoms with Crippen molar-refractivity contribution in [1.29, 1.82) is 0 Å². The molecule has 1 heterocycles. The largest absolute Gasteiger partial charge is 0.494 e. The number of sulfonamides is 1. The maximum atomic E-state index is 13.1. The predicted octanol–water partition coefficient (Wildman–Crippen LogP) is 4.06. The number of ether oxygens (including phenoxy) is 2. The van der Waals surface area contributed by atoms with Gasteiger partial charge in [-0.05, 0) is 67.3 Å². The summed E-state index contributed by atoms with van der Waals surface area (Å²) in [5.74, 6) is 0.461. The Morgan fingerprint density at radius 1 is 1.00 bits per heavy atom. The van der Waals surface area contributed by atoms with Gasteiger partial charge < -0.3 is 14.8 Å². The van der Waals surface area contributed by atoms with E-state index in [4.69, 9.17) is 9.47 Å². The van der Waals surface area contributed by atoms with Crippen LogP contribution in [-0.2, 0) is 14.8 Å². The van der Waals surface area contributed by atoms with Crippen LogP contribution in [0.4, 0.5) is 0 Å². The molecule has 0 spiro atoms. The summed E-state index contributed by atoms with van der Waals surface area (Å²) in [6, 6.07) is 22.9. The first-order valence-corrected chi connectivity index (χ1v) is 13.2. The molecule has 184 valence electrons. The Morgan fingerprint density at radius 2 is 1.69 bits per heavy atom. The highest BCUT2D eigenvalue weighted by molar-refractivity contribution is 7.89. The summed E-state index contributed by atoms with van der Waals surface area (Å²) in [5.41, 5.74) is 2.21. The van der Waals surface area contributed by atoms with Gasteiger partial charge in [0.05, 0.1) is 23.6 Å². The molecule has 35 heavy (non-hydrogen) atoms. The number of amides is 1. The normalized spacial score (nSPS) is 16.5. The molecule has 2 unspecified atom stereocenters. The number of carbonyl (C=O) groups is 1. The molecule has 1 aliphatic heterocycles. The third-order valence-corrected chi connectivity index (χ3v) is 7.32. The summed E-state index contributed by atoms with van der Waals surface area (Å²) < 4.78 is 38.8. The zero-order valence-corrected chi connectivity index (χ0v) is 20.5. The molecule has 2 atom stereocenters. The van der Waals surface area contributed by atoms with Gasteiger partial charge in [0, 0.05) is 18.7 Å². The van der Waals surface area contributed by atoms with Crippen molar-refractivity contribution in [2.75, 3.05) is 19.8 Å². The molecule has 4 rings (SSSR count). The number of hydrogen-bond acceptors (Lipinski definition) is 5. The molecule has 1 amide bonds. The minimum Gasteiger partial charge on any atom is -0.494 e. The SMILES string of the molecule is CCOc1ccc(C(NC(=O)c2ccc(S(=O)(=O)NCC3CCCO3)cc2)c2ccccc2)cc1. The lowest BCUT2D eigenvalue weighted by molar-refractivity contribution is 0.0943. The average molecular weight is 495 g/mol. The maximum Gasteiger partial charge on any atom is 0.252 e. The zero-order valence-electron chi connectivity index (χ0n) is 19.6. The van der Waals surface area contributed by atoms with Gasteiger partial charge in [0.15, 0.2) is 0 Å². The first-order valence-electron chi connectivity index (χ1n) is 11.8. The minimum absolute atomic E-state index is 0.0904. The van der Waals surface area contributed by atoms with Crippen LogP contribution in [-0.4, -0.2) is 40.2 Å². The van der Waals surface area contributed by atoms with E-state index in [1.54, 1.807) is 0 Å². The van der Waals surface area contributed by atoms with E-state index in [1.165, 1.54) is 24.3 Å². The molecule has 0 bridgehead atoms. The van der Waals surface area contributed by atoms with Crippen molar-refractivity contribution in [3.05, 3.63) is 95.6 Å². The van der Waals surface area contributed by atoms with Crippen molar-refractivity contribution in [1.82, 2.24) is 10.0 Å². The van der Waals surface area contributed by atoms with Crippen LogP contribution < -0.4 is 14.8 Å². The second-order valence-corrected chi connectivity index (χ2v) is 10.1. The van der Waals surface area contributed by atoms with E-state index in [-0.39, 0.29) is 29.5 Å². The van der Waals surface area contributed by atoms with Gasteiger partial charge in [-0.3, -0.25) is 4.79 Å². The number of carbonyl (C=O) groups excluding carboxylic acids is 1. The van der Waals surface area contributed by atoms with Gasteiger partial charge in [-0.25, -0.2) is 13.1 Å². The van der Waals surface area contributed by atoms with Crippen molar-refractivity contribution in [2.45, 2.75) is 36.8 Å². The Labute approximate surface area is 206 Å². The number of rotatable bonds is 10. The molecular weight excluding hydrogens is 464 g/mol. The van der Waals surface area contributed by atoms with Crippen LogP contribution in [0.1, 0.15) is 47.3 Å². The fourth-order valence-corrected chi connectivity index (χ4v) is 5.09. The second-order valence-electron chi connectivity index (χ2n) is 8.33. The zero-order chi connectivity index (χ0) is 24.7. The van der Waals surface area contributed by atoms with E-state index < -0.39 is 10.0 Å². The van der Waals surface area contributed by atoms with E-state index in [2.05, 4.69) is 10.0 Å². The van der Waals surface area contributed by atoms with Crippen molar-refractivity contribution >= 4 is 15.9 Å². The monoisotopic (exact) mass is 494 g/mol. The third kappa shape index (κ3) is 6.48. The van der Waals surface area contributed by atoms with Crippen molar-refractivity contribution < 1.29 is 22.7 Å². The van der Waals surface area contributed by atoms with Gasteiger partial charge >= 0.3 is 0 Å². The lowest BCUT2D eigenvalue weighted by Gasteiger charge is -2.20. The van der Waals surface area contributed by atoms with Gasteiger partial charge in [0.1, 0.15) is 5.75 Å². The highest BCUT2D eigenvalue weighted by Crippen LogP contribution is 2.25. The smallest absolute Gasteiger partial charge is 0.252 e. The van der Waals surface area contributed by atoms with Crippen LogP contribution in [0, 0.1) is 0 Å². The van der Waals surface area contributed by atoms with E-state index in [0.717, 1.165) is 29.7 Å². The van der Waals surface area contributed by atoms with E-state index in [9.17, 15) is 13.2 Å². The van der Waals surface area contributed by atoms with Gasteiger partial charge in [0.2, 0.25) is 10.0 Å². The van der Waals surface area contributed by atoms with Crippen LogP contribution in [0.3, 0.4) is 0 Å². The molecule has 1 fully saturated rings. The van der Waals surface area contributed by atoms with Crippen LogP contribution in [0.25, 0.3) is 0 Å². The van der Waals surface area contributed by atoms with Crippen LogP contribution in [0.15, 0.2) is 83.8 Å². The highest BCUT2D eigenvalue weighted by Gasteiger charge is 2.22. The Bertz CT molecular complexity index is 1210. The summed E-state index contributed by atoms with van der Waals surface area (Å²) in [7, 11) is -3.68. The lowest BCUT2D eigenvalue weighted by atomic mass is 9.98. The summed E-state index contributed by atoms with van der Waals surface area (Å²) >= 11 is 0. The Morgan fingerprint density at radius 3 is 2.31 bits per heavy atom. The standard InChI is InChI=1S/C27H30N2O5S/c1-2-33-23-14-10-21(11-15-23)26(20-7-4-3-5-8-20)29-27(30)22-12-16-25(17-13-22)35(31,32)28-19-24-9-6-18-34-24/h3-5,7-8,10-17,24,26,28H,2,6,9,18-19H2,1H3,(H,29,30). The minimum atomic E-state index is -3.68. The Balaban J connectivity index is 1.48. The third-order valence-electron chi connectivity index (χ3n) is 5.88. The average Bonchev–Trinajstić information content (AvgIpc) is 3.41. The van der Waals surface area contributed by atoms with Crippen molar-refractivity contribution in [3.63, 3.8) is 0 Å². The molecular formula is C27H30N2O5S. The highest BCUT2D eigenvalue weighted by atomic mass is 32.2. The number of nitrogens with one attached hydrogen (secondary N) is 2. The first kappa shape index (κ1) is 24.9. The predicted molar refractivity (Wildman–Crippen MR) is 134 cm³/mol. The summed E-state index contributed by atoms with van der Waals surface area (Å²) in [4.78, 5) is 13.2. The summed E-state index contributed by atoms with van der Waals surface area (Å²) in [5, 5.41) is 3.08. The molecule has 3 aromatic rings. The molecule has 8 heteroatoms. The van der Waals surface area contributed by atoms with Gasteiger partial charge in [0.25, 0.3) is 5.91 Å². The Kier molecular flexibility index (Phi) is 8.17. The maximum absolute atomic E-state index is 13.1. The lowest BCUT2D eigenvalue weighted by Crippen LogP contribution is -2.32. The summed E-state index contributed by atoms with van der Waals surface area (Å²) in [6.07, 6.45) is 1.70. The van der Waals surface area contributed by atoms with Crippen LogP contribution >= 0.6 is 0 Å². The molecule has 2 N–H and O–H groups in total. The molecule has 1 saturated heterocycles. The summed E-state index contributed by atoms with van der Waals surface area (Å²) in [6.45, 7) is 3.41. The van der Waals surface area contributed by atoms with Crippen LogP contribution in [0.2, 0.25) is 0 Å². The molecule has 0 aromatic heterocycles. The first-order chi connectivity index (χ1) is 17.0. The molecule has 0 saturated carbocycles. The van der Waals surface area contributed by atoms with Crippen molar-refractivity contribution in [3.8, 4) is 5.75 Å². The molecule has 1 aliphatic rings. The number of benzene rings is 3. The van der Waals surface area contributed by atoms with E-state index >= 15 is 0 Å². The molecule has 7 nitrogen and oxygen atoms in total. The molecule has 3 aromatic carbocycles. The quantitative estimate of drug-likeness (QED) is 0.443. The topological polar surface area (TPSA) is 93.7 Å². The Hall–Kier alpha value is -3.20. The molecule has 0 radical (unpaired) electrons. The van der Waals surface area contributed by atoms with Gasteiger partial charge in [-0.2, -0.15) is 0 Å². The molecule has 0 aliphatic carbocycles. The second kappa shape index (κ2) is 11.5. The number of hydrogen-bond donors (Lipinski definition) is 2.